The zero-order valence-electron chi connectivity index (χ0n) is 11.2. The van der Waals surface area contributed by atoms with Crippen LogP contribution < -0.4 is 5.73 Å². The molecule has 0 spiro atoms. The lowest BCUT2D eigenvalue weighted by Crippen LogP contribution is -2.49. The molecular weight excluding hydrogens is 347 g/mol. The number of hydrogen-bond acceptors (Lipinski definition) is 3. The van der Waals surface area contributed by atoms with E-state index in [0.29, 0.717) is 24.0 Å². The molecule has 0 radical (unpaired) electrons. The standard InChI is InChI=1S/C13H18BrFN2O2S/c1-2-9-8-17(6-5-12(9)16)20(18,19)13-4-3-10(14)7-11(13)15/h3-4,7,9,12H,2,5-6,8,16H2,1H3. The Kier molecular flexibility index (Phi) is 4.84. The monoisotopic (exact) mass is 364 g/mol. The van der Waals surface area contributed by atoms with Crippen molar-refractivity contribution < 1.29 is 12.8 Å². The van der Waals surface area contributed by atoms with Crippen molar-refractivity contribution in [3.63, 3.8) is 0 Å². The highest BCUT2D eigenvalue weighted by atomic mass is 79.9. The van der Waals surface area contributed by atoms with Gasteiger partial charge in [-0.25, -0.2) is 12.8 Å². The van der Waals surface area contributed by atoms with Crippen LogP contribution in [-0.2, 0) is 10.0 Å². The minimum atomic E-state index is -3.79. The van der Waals surface area contributed by atoms with E-state index in [-0.39, 0.29) is 16.9 Å². The lowest BCUT2D eigenvalue weighted by Gasteiger charge is -2.35. The summed E-state index contributed by atoms with van der Waals surface area (Å²) in [6.45, 7) is 2.69. The second-order valence-corrected chi connectivity index (χ2v) is 7.88. The molecule has 2 rings (SSSR count). The zero-order valence-corrected chi connectivity index (χ0v) is 13.6. The highest BCUT2D eigenvalue weighted by Gasteiger charge is 2.34. The van der Waals surface area contributed by atoms with Crippen LogP contribution in [0.15, 0.2) is 27.6 Å². The molecule has 1 saturated heterocycles. The van der Waals surface area contributed by atoms with E-state index in [4.69, 9.17) is 5.73 Å². The first-order valence-electron chi connectivity index (χ1n) is 6.57. The summed E-state index contributed by atoms with van der Waals surface area (Å²) in [7, 11) is -3.79. The first-order chi connectivity index (χ1) is 9.36. The molecule has 2 N–H and O–H groups in total. The fraction of sp³-hybridized carbons (Fsp3) is 0.538. The Hall–Kier alpha value is -0.500. The number of nitrogens with zero attached hydrogens (tertiary/aromatic N) is 1. The van der Waals surface area contributed by atoms with Gasteiger partial charge in [0.2, 0.25) is 10.0 Å². The smallest absolute Gasteiger partial charge is 0.245 e. The molecule has 20 heavy (non-hydrogen) atoms. The van der Waals surface area contributed by atoms with Crippen LogP contribution in [-0.4, -0.2) is 31.9 Å². The van der Waals surface area contributed by atoms with E-state index < -0.39 is 15.8 Å². The maximum Gasteiger partial charge on any atom is 0.245 e. The first-order valence-corrected chi connectivity index (χ1v) is 8.80. The predicted octanol–water partition coefficient (Wildman–Crippen LogP) is 2.34. The quantitative estimate of drug-likeness (QED) is 0.894. The van der Waals surface area contributed by atoms with Crippen molar-refractivity contribution in [1.29, 1.82) is 0 Å². The van der Waals surface area contributed by atoms with Gasteiger partial charge in [-0.3, -0.25) is 0 Å². The van der Waals surface area contributed by atoms with Crippen LogP contribution in [0.3, 0.4) is 0 Å². The Morgan fingerprint density at radius 3 is 2.80 bits per heavy atom. The summed E-state index contributed by atoms with van der Waals surface area (Å²) in [6, 6.07) is 4.01. The van der Waals surface area contributed by atoms with Crippen LogP contribution in [0.25, 0.3) is 0 Å². The van der Waals surface area contributed by atoms with E-state index in [9.17, 15) is 12.8 Å². The van der Waals surface area contributed by atoms with Crippen molar-refractivity contribution in [2.24, 2.45) is 11.7 Å². The van der Waals surface area contributed by atoms with E-state index in [1.54, 1.807) is 0 Å². The number of hydrogen-bond donors (Lipinski definition) is 1. The molecule has 1 fully saturated rings. The van der Waals surface area contributed by atoms with Crippen LogP contribution in [0.1, 0.15) is 19.8 Å². The lowest BCUT2D eigenvalue weighted by atomic mass is 9.92. The molecule has 112 valence electrons. The molecule has 0 saturated carbocycles. The summed E-state index contributed by atoms with van der Waals surface area (Å²) in [5, 5.41) is 0. The van der Waals surface area contributed by atoms with Gasteiger partial charge in [-0.15, -0.1) is 0 Å². The van der Waals surface area contributed by atoms with Crippen molar-refractivity contribution in [3.8, 4) is 0 Å². The maximum absolute atomic E-state index is 13.9. The Morgan fingerprint density at radius 1 is 1.50 bits per heavy atom. The summed E-state index contributed by atoms with van der Waals surface area (Å²) in [5.74, 6) is -0.612. The van der Waals surface area contributed by atoms with E-state index in [0.717, 1.165) is 6.42 Å². The number of nitrogens with two attached hydrogens (primary N) is 1. The summed E-state index contributed by atoms with van der Waals surface area (Å²) < 4.78 is 40.8. The first kappa shape index (κ1) is 15.9. The van der Waals surface area contributed by atoms with Gasteiger partial charge >= 0.3 is 0 Å². The summed E-state index contributed by atoms with van der Waals surface area (Å²) >= 11 is 3.12. The van der Waals surface area contributed by atoms with Gasteiger partial charge in [0.05, 0.1) is 0 Å². The molecule has 1 aromatic carbocycles. The average molecular weight is 365 g/mol. The Morgan fingerprint density at radius 2 is 2.20 bits per heavy atom. The van der Waals surface area contributed by atoms with Crippen molar-refractivity contribution in [2.45, 2.75) is 30.7 Å². The molecule has 1 heterocycles. The van der Waals surface area contributed by atoms with E-state index >= 15 is 0 Å². The van der Waals surface area contributed by atoms with E-state index in [2.05, 4.69) is 15.9 Å². The molecule has 2 atom stereocenters. The van der Waals surface area contributed by atoms with Gasteiger partial charge in [-0.05, 0) is 30.5 Å². The molecule has 4 nitrogen and oxygen atoms in total. The summed E-state index contributed by atoms with van der Waals surface area (Å²) in [5.41, 5.74) is 5.98. The lowest BCUT2D eigenvalue weighted by molar-refractivity contribution is 0.230. The van der Waals surface area contributed by atoms with Crippen molar-refractivity contribution in [3.05, 3.63) is 28.5 Å². The van der Waals surface area contributed by atoms with Crippen molar-refractivity contribution in [2.75, 3.05) is 13.1 Å². The molecule has 0 bridgehead atoms. The molecule has 1 aromatic rings. The third kappa shape index (κ3) is 3.05. The van der Waals surface area contributed by atoms with Gasteiger partial charge < -0.3 is 5.73 Å². The SMILES string of the molecule is CCC1CN(S(=O)(=O)c2ccc(Br)cc2F)CCC1N. The highest BCUT2D eigenvalue weighted by Crippen LogP contribution is 2.27. The van der Waals surface area contributed by atoms with Crippen molar-refractivity contribution >= 4 is 26.0 Å². The molecule has 2 unspecified atom stereocenters. The van der Waals surface area contributed by atoms with Crippen LogP contribution in [0, 0.1) is 11.7 Å². The molecule has 7 heteroatoms. The number of piperidine rings is 1. The molecule has 0 aromatic heterocycles. The predicted molar refractivity (Wildman–Crippen MR) is 79.2 cm³/mol. The Labute approximate surface area is 127 Å². The van der Waals surface area contributed by atoms with Gasteiger partial charge in [-0.2, -0.15) is 4.31 Å². The molecular formula is C13H18BrFN2O2S. The van der Waals surface area contributed by atoms with Crippen molar-refractivity contribution in [1.82, 2.24) is 4.31 Å². The number of halogens is 2. The molecule has 1 aliphatic rings. The largest absolute Gasteiger partial charge is 0.327 e. The number of sulfonamides is 1. The normalized spacial score (nSPS) is 24.8. The molecule has 0 aliphatic carbocycles. The fourth-order valence-electron chi connectivity index (χ4n) is 2.49. The second-order valence-electron chi connectivity index (χ2n) is 5.06. The van der Waals surface area contributed by atoms with Gasteiger partial charge in [0.15, 0.2) is 0 Å². The third-order valence-corrected chi connectivity index (χ3v) is 6.18. The number of rotatable bonds is 3. The van der Waals surface area contributed by atoms with Gasteiger partial charge in [0.25, 0.3) is 0 Å². The Bertz CT molecular complexity index is 594. The van der Waals surface area contributed by atoms with Crippen LogP contribution >= 0.6 is 15.9 Å². The van der Waals surface area contributed by atoms with Gasteiger partial charge in [0.1, 0.15) is 10.7 Å². The van der Waals surface area contributed by atoms with Crippen LogP contribution in [0.2, 0.25) is 0 Å². The summed E-state index contributed by atoms with van der Waals surface area (Å²) in [4.78, 5) is -0.272. The minimum Gasteiger partial charge on any atom is -0.327 e. The number of benzene rings is 1. The van der Waals surface area contributed by atoms with E-state index in [1.807, 2.05) is 6.92 Å². The van der Waals surface area contributed by atoms with E-state index in [1.165, 1.54) is 22.5 Å². The topological polar surface area (TPSA) is 63.4 Å². The second kappa shape index (κ2) is 6.09. The maximum atomic E-state index is 13.9. The summed E-state index contributed by atoms with van der Waals surface area (Å²) in [6.07, 6.45) is 1.42. The molecule has 0 amide bonds. The third-order valence-electron chi connectivity index (χ3n) is 3.79. The van der Waals surface area contributed by atoms with Crippen LogP contribution in [0.5, 0.6) is 0 Å². The zero-order chi connectivity index (χ0) is 14.9. The molecule has 1 aliphatic heterocycles. The minimum absolute atomic E-state index is 0.0150. The fourth-order valence-corrected chi connectivity index (χ4v) is 4.38. The van der Waals surface area contributed by atoms with Gasteiger partial charge in [-0.1, -0.05) is 29.3 Å². The average Bonchev–Trinajstić information content (AvgIpc) is 2.38. The van der Waals surface area contributed by atoms with Gasteiger partial charge in [0, 0.05) is 23.6 Å². The Balaban J connectivity index is 2.31. The highest BCUT2D eigenvalue weighted by molar-refractivity contribution is 9.10. The van der Waals surface area contributed by atoms with Crippen LogP contribution in [0.4, 0.5) is 4.39 Å².